The fraction of sp³-hybridized carbons (Fsp3) is 0.533. The van der Waals surface area contributed by atoms with E-state index in [0.29, 0.717) is 19.1 Å². The van der Waals surface area contributed by atoms with Crippen molar-refractivity contribution in [1.82, 2.24) is 15.5 Å². The summed E-state index contributed by atoms with van der Waals surface area (Å²) in [5.41, 5.74) is 1.31. The van der Waals surface area contributed by atoms with Gasteiger partial charge in [-0.1, -0.05) is 30.3 Å². The van der Waals surface area contributed by atoms with Crippen LogP contribution < -0.4 is 10.6 Å². The van der Waals surface area contributed by atoms with Crippen molar-refractivity contribution < 1.29 is 9.90 Å². The first-order valence-corrected chi connectivity index (χ1v) is 7.20. The number of aliphatic hydroxyl groups is 1. The van der Waals surface area contributed by atoms with Gasteiger partial charge in [-0.05, 0) is 24.9 Å². The minimum atomic E-state index is -0.203. The van der Waals surface area contributed by atoms with Gasteiger partial charge < -0.3 is 15.7 Å². The lowest BCUT2D eigenvalue weighted by molar-refractivity contribution is 0.218. The fourth-order valence-electron chi connectivity index (χ4n) is 2.59. The normalized spacial score (nSPS) is 18.9. The molecule has 1 saturated heterocycles. The molecular formula is C15H23N3O2. The Morgan fingerprint density at radius 2 is 2.10 bits per heavy atom. The van der Waals surface area contributed by atoms with Crippen LogP contribution >= 0.6 is 0 Å². The summed E-state index contributed by atoms with van der Waals surface area (Å²) in [5.74, 6) is 0. The summed E-state index contributed by atoms with van der Waals surface area (Å²) >= 11 is 0. The van der Waals surface area contributed by atoms with Crippen LogP contribution in [0.3, 0.4) is 0 Å². The van der Waals surface area contributed by atoms with Crippen LogP contribution in [0.1, 0.15) is 18.4 Å². The van der Waals surface area contributed by atoms with E-state index in [4.69, 9.17) is 5.11 Å². The number of amides is 2. The highest BCUT2D eigenvalue weighted by atomic mass is 16.3. The minimum Gasteiger partial charge on any atom is -0.395 e. The Balaban J connectivity index is 1.77. The van der Waals surface area contributed by atoms with Crippen LogP contribution in [-0.4, -0.2) is 48.3 Å². The maximum atomic E-state index is 11.5. The summed E-state index contributed by atoms with van der Waals surface area (Å²) in [7, 11) is 0. The number of rotatable bonds is 6. The molecule has 1 aromatic rings. The highest BCUT2D eigenvalue weighted by Crippen LogP contribution is 2.19. The Labute approximate surface area is 120 Å². The molecular weight excluding hydrogens is 254 g/mol. The van der Waals surface area contributed by atoms with Crippen molar-refractivity contribution in [1.29, 1.82) is 0 Å². The Kier molecular flexibility index (Phi) is 5.83. The van der Waals surface area contributed by atoms with Gasteiger partial charge in [0, 0.05) is 25.7 Å². The second-order valence-corrected chi connectivity index (χ2v) is 5.11. The summed E-state index contributed by atoms with van der Waals surface area (Å²) in [4.78, 5) is 13.9. The van der Waals surface area contributed by atoms with Gasteiger partial charge in [-0.15, -0.1) is 0 Å². The van der Waals surface area contributed by atoms with Crippen molar-refractivity contribution >= 4 is 6.03 Å². The number of benzene rings is 1. The van der Waals surface area contributed by atoms with E-state index in [9.17, 15) is 4.79 Å². The molecule has 1 atom stereocenters. The lowest BCUT2D eigenvalue weighted by atomic mass is 10.2. The smallest absolute Gasteiger partial charge is 0.314 e. The van der Waals surface area contributed by atoms with Gasteiger partial charge in [0.15, 0.2) is 0 Å². The molecule has 1 fully saturated rings. The first-order chi connectivity index (χ1) is 9.79. The summed E-state index contributed by atoms with van der Waals surface area (Å²) in [6.45, 7) is 2.94. The molecule has 1 aliphatic rings. The number of carbonyl (C=O) groups is 1. The van der Waals surface area contributed by atoms with Gasteiger partial charge in [-0.2, -0.15) is 0 Å². The predicted octanol–water partition coefficient (Wildman–Crippen LogP) is 0.943. The van der Waals surface area contributed by atoms with Crippen LogP contribution in [-0.2, 0) is 6.54 Å². The van der Waals surface area contributed by atoms with Gasteiger partial charge >= 0.3 is 6.03 Å². The monoisotopic (exact) mass is 277 g/mol. The van der Waals surface area contributed by atoms with Gasteiger partial charge in [0.2, 0.25) is 0 Å². The summed E-state index contributed by atoms with van der Waals surface area (Å²) in [6.07, 6.45) is 2.30. The largest absolute Gasteiger partial charge is 0.395 e. The Bertz CT molecular complexity index is 411. The number of aliphatic hydroxyl groups excluding tert-OH is 1. The molecule has 0 spiro atoms. The Morgan fingerprint density at radius 3 is 2.85 bits per heavy atom. The molecule has 0 saturated carbocycles. The van der Waals surface area contributed by atoms with Crippen LogP contribution in [0, 0.1) is 0 Å². The average molecular weight is 277 g/mol. The van der Waals surface area contributed by atoms with E-state index in [1.54, 1.807) is 0 Å². The van der Waals surface area contributed by atoms with E-state index in [1.807, 2.05) is 6.07 Å². The van der Waals surface area contributed by atoms with Crippen molar-refractivity contribution in [2.75, 3.05) is 26.2 Å². The van der Waals surface area contributed by atoms with Crippen LogP contribution in [0.2, 0.25) is 0 Å². The molecule has 1 unspecified atom stereocenters. The molecule has 20 heavy (non-hydrogen) atoms. The Morgan fingerprint density at radius 1 is 1.30 bits per heavy atom. The molecule has 2 amide bonds. The molecule has 0 bridgehead atoms. The minimum absolute atomic E-state index is 0.0308. The SMILES string of the molecule is O=C(NCCO)NCC1CCCN1Cc1ccccc1. The summed E-state index contributed by atoms with van der Waals surface area (Å²) < 4.78 is 0. The first-order valence-electron chi connectivity index (χ1n) is 7.20. The molecule has 1 heterocycles. The number of nitrogens with one attached hydrogen (secondary N) is 2. The number of hydrogen-bond acceptors (Lipinski definition) is 3. The molecule has 0 radical (unpaired) electrons. The van der Waals surface area contributed by atoms with Crippen LogP contribution in [0.4, 0.5) is 4.79 Å². The number of nitrogens with zero attached hydrogens (tertiary/aromatic N) is 1. The second kappa shape index (κ2) is 7.87. The van der Waals surface area contributed by atoms with Gasteiger partial charge in [-0.25, -0.2) is 4.79 Å². The Hall–Kier alpha value is -1.59. The highest BCUT2D eigenvalue weighted by Gasteiger charge is 2.24. The van der Waals surface area contributed by atoms with Gasteiger partial charge in [0.1, 0.15) is 0 Å². The molecule has 5 nitrogen and oxygen atoms in total. The summed E-state index contributed by atoms with van der Waals surface area (Å²) in [5, 5.41) is 14.1. The van der Waals surface area contributed by atoms with Crippen LogP contribution in [0.15, 0.2) is 30.3 Å². The molecule has 5 heteroatoms. The second-order valence-electron chi connectivity index (χ2n) is 5.11. The van der Waals surface area contributed by atoms with Crippen molar-refractivity contribution in [2.24, 2.45) is 0 Å². The number of hydrogen-bond donors (Lipinski definition) is 3. The molecule has 3 N–H and O–H groups in total. The topological polar surface area (TPSA) is 64.6 Å². The van der Waals surface area contributed by atoms with E-state index in [0.717, 1.165) is 19.5 Å². The van der Waals surface area contributed by atoms with E-state index >= 15 is 0 Å². The third-order valence-electron chi connectivity index (χ3n) is 3.62. The van der Waals surface area contributed by atoms with Gasteiger partial charge in [-0.3, -0.25) is 4.90 Å². The predicted molar refractivity (Wildman–Crippen MR) is 78.4 cm³/mol. The van der Waals surface area contributed by atoms with E-state index in [1.165, 1.54) is 12.0 Å². The number of urea groups is 1. The average Bonchev–Trinajstić information content (AvgIpc) is 2.91. The van der Waals surface area contributed by atoms with Crippen LogP contribution in [0.5, 0.6) is 0 Å². The maximum absolute atomic E-state index is 11.5. The molecule has 1 aliphatic heterocycles. The van der Waals surface area contributed by atoms with Gasteiger partial charge in [0.05, 0.1) is 6.61 Å². The maximum Gasteiger partial charge on any atom is 0.314 e. The molecule has 110 valence electrons. The number of carbonyl (C=O) groups excluding carboxylic acids is 1. The van der Waals surface area contributed by atoms with Crippen molar-refractivity contribution in [2.45, 2.75) is 25.4 Å². The fourth-order valence-corrected chi connectivity index (χ4v) is 2.59. The van der Waals surface area contributed by atoms with E-state index in [-0.39, 0.29) is 12.6 Å². The lowest BCUT2D eigenvalue weighted by Crippen LogP contribution is -2.44. The summed E-state index contributed by atoms with van der Waals surface area (Å²) in [6, 6.07) is 10.6. The number of likely N-dealkylation sites (tertiary alicyclic amines) is 1. The standard InChI is InChI=1S/C15H23N3O2/c19-10-8-16-15(20)17-11-14-7-4-9-18(14)12-13-5-2-1-3-6-13/h1-3,5-6,14,19H,4,7-12H2,(H2,16,17,20). The van der Waals surface area contributed by atoms with Crippen LogP contribution in [0.25, 0.3) is 0 Å². The quantitative estimate of drug-likeness (QED) is 0.725. The molecule has 0 aromatic heterocycles. The first kappa shape index (κ1) is 14.8. The van der Waals surface area contributed by atoms with Crippen molar-refractivity contribution in [3.05, 3.63) is 35.9 Å². The zero-order valence-electron chi connectivity index (χ0n) is 11.7. The third kappa shape index (κ3) is 4.51. The molecule has 0 aliphatic carbocycles. The zero-order chi connectivity index (χ0) is 14.2. The zero-order valence-corrected chi connectivity index (χ0v) is 11.7. The molecule has 2 rings (SSSR count). The van der Waals surface area contributed by atoms with E-state index < -0.39 is 0 Å². The van der Waals surface area contributed by atoms with Crippen molar-refractivity contribution in [3.63, 3.8) is 0 Å². The van der Waals surface area contributed by atoms with Gasteiger partial charge in [0.25, 0.3) is 0 Å². The lowest BCUT2D eigenvalue weighted by Gasteiger charge is -2.24. The molecule has 1 aromatic carbocycles. The van der Waals surface area contributed by atoms with E-state index in [2.05, 4.69) is 39.8 Å². The third-order valence-corrected chi connectivity index (χ3v) is 3.62. The highest BCUT2D eigenvalue weighted by molar-refractivity contribution is 5.73. The van der Waals surface area contributed by atoms with Crippen molar-refractivity contribution in [3.8, 4) is 0 Å².